The van der Waals surface area contributed by atoms with Gasteiger partial charge in [0, 0.05) is 17.1 Å². The highest BCUT2D eigenvalue weighted by Gasteiger charge is 2.30. The summed E-state index contributed by atoms with van der Waals surface area (Å²) < 4.78 is 2.11. The van der Waals surface area contributed by atoms with Crippen molar-refractivity contribution in [3.8, 4) is 11.4 Å². The smallest absolute Gasteiger partial charge is 0.243 e. The normalized spacial score (nSPS) is 16.4. The summed E-state index contributed by atoms with van der Waals surface area (Å²) in [6, 6.07) is 12.8. The number of nitrogens with zero attached hydrogens (tertiary/aromatic N) is 3. The minimum atomic E-state index is -0.0303. The highest BCUT2D eigenvalue weighted by Crippen LogP contribution is 2.35. The van der Waals surface area contributed by atoms with E-state index in [1.807, 2.05) is 29.2 Å². The van der Waals surface area contributed by atoms with Gasteiger partial charge in [0.15, 0.2) is 10.6 Å². The van der Waals surface area contributed by atoms with Gasteiger partial charge in [-0.05, 0) is 67.0 Å². The minimum absolute atomic E-state index is 0.0220. The molecule has 0 aliphatic carbocycles. The number of halogens is 3. The van der Waals surface area contributed by atoms with Crippen molar-refractivity contribution >= 4 is 52.9 Å². The molecule has 1 aliphatic heterocycles. The Bertz CT molecular complexity index is 1110. The second-order valence-electron chi connectivity index (χ2n) is 6.86. The average Bonchev–Trinajstić information content (AvgIpc) is 3.33. The molecule has 9 heteroatoms. The number of amides is 1. The lowest BCUT2D eigenvalue weighted by Crippen LogP contribution is -2.33. The monoisotopic (exact) mass is 466 g/mol. The molecule has 3 aromatic rings. The lowest BCUT2D eigenvalue weighted by molar-refractivity contribution is -0.132. The average molecular weight is 468 g/mol. The quantitative estimate of drug-likeness (QED) is 0.484. The molecule has 1 fully saturated rings. The lowest BCUT2D eigenvalue weighted by Gasteiger charge is -2.26. The van der Waals surface area contributed by atoms with E-state index in [2.05, 4.69) is 10.2 Å². The van der Waals surface area contributed by atoms with Crippen LogP contribution in [-0.4, -0.2) is 32.1 Å². The number of rotatable bonds is 4. The SMILES string of the molecule is O=C(Cn1c(-c2ccc(Cl)cc2)n[nH]c1=S)N1CCCC1c1ccc(Cl)c(Cl)c1. The fourth-order valence-corrected chi connectivity index (χ4v) is 4.27. The first-order chi connectivity index (χ1) is 13.9. The number of carbonyl (C=O) groups is 1. The zero-order chi connectivity index (χ0) is 20.5. The maximum atomic E-state index is 13.2. The molecule has 0 saturated carbocycles. The number of hydrogen-bond acceptors (Lipinski definition) is 3. The third-order valence-corrected chi connectivity index (χ3v) is 6.36. The van der Waals surface area contributed by atoms with E-state index in [0.717, 1.165) is 24.0 Å². The number of likely N-dealkylation sites (tertiary alicyclic amines) is 1. The van der Waals surface area contributed by atoms with Crippen LogP contribution in [0.5, 0.6) is 0 Å². The molecule has 1 N–H and O–H groups in total. The summed E-state index contributed by atoms with van der Waals surface area (Å²) in [4.78, 5) is 15.1. The van der Waals surface area contributed by atoms with Crippen molar-refractivity contribution in [3.63, 3.8) is 0 Å². The van der Waals surface area contributed by atoms with Crippen molar-refractivity contribution < 1.29 is 4.79 Å². The Kier molecular flexibility index (Phi) is 5.97. The van der Waals surface area contributed by atoms with Crippen LogP contribution in [0.25, 0.3) is 11.4 Å². The third kappa shape index (κ3) is 4.21. The summed E-state index contributed by atoms with van der Waals surface area (Å²) in [6.07, 6.45) is 1.81. The number of H-pyrrole nitrogens is 1. The highest BCUT2D eigenvalue weighted by molar-refractivity contribution is 7.71. The van der Waals surface area contributed by atoms with Crippen LogP contribution in [0.3, 0.4) is 0 Å². The second-order valence-corrected chi connectivity index (χ2v) is 8.50. The van der Waals surface area contributed by atoms with Crippen LogP contribution in [0.4, 0.5) is 0 Å². The van der Waals surface area contributed by atoms with Gasteiger partial charge in [0.2, 0.25) is 5.91 Å². The minimum Gasteiger partial charge on any atom is -0.334 e. The molecule has 1 aromatic heterocycles. The molecule has 150 valence electrons. The molecule has 0 bridgehead atoms. The zero-order valence-corrected chi connectivity index (χ0v) is 18.3. The van der Waals surface area contributed by atoms with Crippen LogP contribution in [0, 0.1) is 4.77 Å². The molecular formula is C20H17Cl3N4OS. The third-order valence-electron chi connectivity index (χ3n) is 5.06. The van der Waals surface area contributed by atoms with Gasteiger partial charge < -0.3 is 4.90 Å². The fraction of sp³-hybridized carbons (Fsp3) is 0.250. The van der Waals surface area contributed by atoms with E-state index in [9.17, 15) is 4.79 Å². The molecule has 1 unspecified atom stereocenters. The van der Waals surface area contributed by atoms with Crippen LogP contribution in [0.1, 0.15) is 24.4 Å². The van der Waals surface area contributed by atoms with E-state index in [1.165, 1.54) is 0 Å². The zero-order valence-electron chi connectivity index (χ0n) is 15.2. The summed E-state index contributed by atoms with van der Waals surface area (Å²) in [6.45, 7) is 0.788. The van der Waals surface area contributed by atoms with E-state index in [-0.39, 0.29) is 18.5 Å². The van der Waals surface area contributed by atoms with Crippen molar-refractivity contribution in [3.05, 3.63) is 67.9 Å². The van der Waals surface area contributed by atoms with Crippen LogP contribution >= 0.6 is 47.0 Å². The molecule has 2 heterocycles. The van der Waals surface area contributed by atoms with Crippen LogP contribution in [0.15, 0.2) is 42.5 Å². The van der Waals surface area contributed by atoms with E-state index >= 15 is 0 Å². The predicted molar refractivity (Wildman–Crippen MR) is 118 cm³/mol. The van der Waals surface area contributed by atoms with Gasteiger partial charge >= 0.3 is 0 Å². The second kappa shape index (κ2) is 8.48. The van der Waals surface area contributed by atoms with Gasteiger partial charge in [-0.15, -0.1) is 0 Å². The van der Waals surface area contributed by atoms with Crippen LogP contribution in [0.2, 0.25) is 15.1 Å². The molecular weight excluding hydrogens is 451 g/mol. The molecule has 1 atom stereocenters. The largest absolute Gasteiger partial charge is 0.334 e. The first-order valence-corrected chi connectivity index (χ1v) is 10.6. The maximum Gasteiger partial charge on any atom is 0.243 e. The molecule has 5 nitrogen and oxygen atoms in total. The Balaban J connectivity index is 1.59. The van der Waals surface area contributed by atoms with Gasteiger partial charge in [-0.25, -0.2) is 0 Å². The molecule has 1 saturated heterocycles. The molecule has 4 rings (SSSR count). The molecule has 0 spiro atoms. The van der Waals surface area contributed by atoms with Gasteiger partial charge in [0.1, 0.15) is 6.54 Å². The van der Waals surface area contributed by atoms with Crippen LogP contribution in [-0.2, 0) is 11.3 Å². The Morgan fingerprint density at radius 2 is 1.90 bits per heavy atom. The first kappa shape index (κ1) is 20.4. The number of benzene rings is 2. The Hall–Kier alpha value is -1.86. The van der Waals surface area contributed by atoms with Crippen LogP contribution < -0.4 is 0 Å². The van der Waals surface area contributed by atoms with Crippen molar-refractivity contribution in [2.45, 2.75) is 25.4 Å². The molecule has 1 amide bonds. The number of hydrogen-bond donors (Lipinski definition) is 1. The van der Waals surface area contributed by atoms with Crippen molar-refractivity contribution in [2.24, 2.45) is 0 Å². The molecule has 2 aromatic carbocycles. The highest BCUT2D eigenvalue weighted by atomic mass is 35.5. The van der Waals surface area contributed by atoms with Gasteiger partial charge in [0.05, 0.1) is 16.1 Å². The van der Waals surface area contributed by atoms with E-state index in [0.29, 0.717) is 32.2 Å². The number of aromatic nitrogens is 3. The van der Waals surface area contributed by atoms with Crippen molar-refractivity contribution in [1.29, 1.82) is 0 Å². The van der Waals surface area contributed by atoms with Gasteiger partial charge in [-0.3, -0.25) is 14.5 Å². The molecule has 0 radical (unpaired) electrons. The summed E-state index contributed by atoms with van der Waals surface area (Å²) in [5.41, 5.74) is 1.82. The van der Waals surface area contributed by atoms with E-state index in [4.69, 9.17) is 47.0 Å². The van der Waals surface area contributed by atoms with Gasteiger partial charge in [-0.1, -0.05) is 40.9 Å². The Morgan fingerprint density at radius 3 is 2.62 bits per heavy atom. The lowest BCUT2D eigenvalue weighted by atomic mass is 10.0. The van der Waals surface area contributed by atoms with Crippen molar-refractivity contribution in [2.75, 3.05) is 6.54 Å². The topological polar surface area (TPSA) is 53.9 Å². The summed E-state index contributed by atoms with van der Waals surface area (Å²) in [5.74, 6) is 0.580. The number of nitrogens with one attached hydrogen (secondary N) is 1. The summed E-state index contributed by atoms with van der Waals surface area (Å²) in [7, 11) is 0. The Morgan fingerprint density at radius 1 is 1.14 bits per heavy atom. The first-order valence-electron chi connectivity index (χ1n) is 9.09. The van der Waals surface area contributed by atoms with Crippen molar-refractivity contribution in [1.82, 2.24) is 19.7 Å². The molecule has 29 heavy (non-hydrogen) atoms. The van der Waals surface area contributed by atoms with E-state index in [1.54, 1.807) is 22.8 Å². The maximum absolute atomic E-state index is 13.2. The standard InChI is InChI=1S/C20H17Cl3N4OS/c21-14-6-3-12(4-7-14)19-24-25-20(29)27(19)11-18(28)26-9-1-2-17(26)13-5-8-15(22)16(23)10-13/h3-8,10,17H,1-2,9,11H2,(H,25,29). The van der Waals surface area contributed by atoms with Gasteiger partial charge in [0.25, 0.3) is 0 Å². The Labute approximate surface area is 188 Å². The number of carbonyl (C=O) groups excluding carboxylic acids is 1. The fourth-order valence-electron chi connectivity index (χ4n) is 3.64. The summed E-state index contributed by atoms with van der Waals surface area (Å²) in [5, 5.41) is 8.70. The predicted octanol–water partition coefficient (Wildman–Crippen LogP) is 5.93. The summed E-state index contributed by atoms with van der Waals surface area (Å²) >= 11 is 23.6. The van der Waals surface area contributed by atoms with Gasteiger partial charge in [-0.2, -0.15) is 5.10 Å². The molecule has 1 aliphatic rings. The number of aromatic amines is 1. The van der Waals surface area contributed by atoms with E-state index < -0.39 is 0 Å².